The summed E-state index contributed by atoms with van der Waals surface area (Å²) in [5.41, 5.74) is 0.629. The second-order valence-corrected chi connectivity index (χ2v) is 4.97. The highest BCUT2D eigenvalue weighted by molar-refractivity contribution is 5.95. The summed E-state index contributed by atoms with van der Waals surface area (Å²) in [5, 5.41) is 23.2. The molecule has 0 unspecified atom stereocenters. The number of amides is 1. The number of likely N-dealkylation sites (tertiary alicyclic amines) is 1. The molecule has 1 amide bonds. The van der Waals surface area contributed by atoms with Gasteiger partial charge in [-0.15, -0.1) is 10.2 Å². The molecule has 1 aliphatic heterocycles. The van der Waals surface area contributed by atoms with Gasteiger partial charge in [-0.3, -0.25) is 4.79 Å². The van der Waals surface area contributed by atoms with Gasteiger partial charge in [0.1, 0.15) is 0 Å². The van der Waals surface area contributed by atoms with Gasteiger partial charge in [0.2, 0.25) is 5.82 Å². The second-order valence-electron chi connectivity index (χ2n) is 4.97. The third-order valence-corrected chi connectivity index (χ3v) is 3.09. The van der Waals surface area contributed by atoms with Crippen molar-refractivity contribution in [2.24, 2.45) is 0 Å². The summed E-state index contributed by atoms with van der Waals surface area (Å²) in [6, 6.07) is 6.99. The summed E-state index contributed by atoms with van der Waals surface area (Å²) >= 11 is 0. The van der Waals surface area contributed by atoms with Gasteiger partial charge in [0.05, 0.1) is 18.7 Å². The zero-order valence-corrected chi connectivity index (χ0v) is 10.4. The summed E-state index contributed by atoms with van der Waals surface area (Å²) in [5.74, 6) is 0.414. The van der Waals surface area contributed by atoms with E-state index in [1.54, 1.807) is 36.1 Å². The molecule has 7 heteroatoms. The monoisotopic (exact) mass is 259 g/mol. The number of benzene rings is 1. The molecule has 1 saturated heterocycles. The van der Waals surface area contributed by atoms with Crippen molar-refractivity contribution in [3.8, 4) is 11.4 Å². The molecule has 2 N–H and O–H groups in total. The molecule has 1 aromatic carbocycles. The molecule has 0 radical (unpaired) electrons. The number of nitrogens with zero attached hydrogens (tertiary/aromatic N) is 4. The number of nitrogens with one attached hydrogen (secondary N) is 1. The number of aliphatic hydroxyl groups is 1. The van der Waals surface area contributed by atoms with Gasteiger partial charge in [0, 0.05) is 11.1 Å². The number of hydrogen-bond donors (Lipinski definition) is 2. The highest BCUT2D eigenvalue weighted by Gasteiger charge is 2.39. The molecule has 0 atom stereocenters. The van der Waals surface area contributed by atoms with E-state index >= 15 is 0 Å². The normalized spacial score (nSPS) is 17.1. The van der Waals surface area contributed by atoms with Crippen molar-refractivity contribution < 1.29 is 9.90 Å². The van der Waals surface area contributed by atoms with Gasteiger partial charge in [-0.25, -0.2) is 0 Å². The SMILES string of the molecule is CC1(O)CN(C(=O)c2ccc(-c3nn[nH]n3)cc2)C1. The molecule has 1 aromatic heterocycles. The van der Waals surface area contributed by atoms with Crippen LogP contribution in [0, 0.1) is 0 Å². The van der Waals surface area contributed by atoms with Crippen LogP contribution in [0.1, 0.15) is 17.3 Å². The maximum absolute atomic E-state index is 12.1. The lowest BCUT2D eigenvalue weighted by molar-refractivity contribution is -0.0668. The van der Waals surface area contributed by atoms with Gasteiger partial charge in [-0.2, -0.15) is 5.21 Å². The fourth-order valence-electron chi connectivity index (χ4n) is 2.15. The molecule has 2 heterocycles. The van der Waals surface area contributed by atoms with Gasteiger partial charge >= 0.3 is 0 Å². The van der Waals surface area contributed by atoms with Crippen molar-refractivity contribution in [1.29, 1.82) is 0 Å². The molecule has 98 valence electrons. The molecular weight excluding hydrogens is 246 g/mol. The Hall–Kier alpha value is -2.28. The zero-order chi connectivity index (χ0) is 13.5. The minimum Gasteiger partial charge on any atom is -0.386 e. The van der Waals surface area contributed by atoms with Crippen LogP contribution in [0.15, 0.2) is 24.3 Å². The predicted molar refractivity (Wildman–Crippen MR) is 66.1 cm³/mol. The van der Waals surface area contributed by atoms with Gasteiger partial charge in [-0.05, 0) is 24.3 Å². The van der Waals surface area contributed by atoms with Crippen molar-refractivity contribution in [3.63, 3.8) is 0 Å². The molecule has 0 saturated carbocycles. The number of β-amino-alcohol motifs (C(OH)–C–C–N with tert-alkyl or cyclic N) is 1. The number of hydrogen-bond acceptors (Lipinski definition) is 5. The lowest BCUT2D eigenvalue weighted by Gasteiger charge is -2.44. The lowest BCUT2D eigenvalue weighted by atomic mass is 9.96. The standard InChI is InChI=1S/C12H13N5O2/c1-12(19)6-17(7-12)11(18)9-4-2-8(3-5-9)10-13-15-16-14-10/h2-5,19H,6-7H2,1H3,(H,13,14,15,16). The topological polar surface area (TPSA) is 95.0 Å². The fourth-order valence-corrected chi connectivity index (χ4v) is 2.15. The quantitative estimate of drug-likeness (QED) is 0.796. The number of H-pyrrole nitrogens is 1. The first-order chi connectivity index (χ1) is 9.05. The average Bonchev–Trinajstić information content (AvgIpc) is 2.89. The maximum atomic E-state index is 12.1. The van der Waals surface area contributed by atoms with Crippen LogP contribution in [0.25, 0.3) is 11.4 Å². The molecule has 0 bridgehead atoms. The smallest absolute Gasteiger partial charge is 0.254 e. The van der Waals surface area contributed by atoms with Crippen LogP contribution in [0.4, 0.5) is 0 Å². The Morgan fingerprint density at radius 1 is 1.37 bits per heavy atom. The Morgan fingerprint density at radius 2 is 2.05 bits per heavy atom. The molecular formula is C12H13N5O2. The predicted octanol–water partition coefficient (Wildman–Crippen LogP) is 0.0735. The number of carbonyl (C=O) groups excluding carboxylic acids is 1. The van der Waals surface area contributed by atoms with E-state index in [0.717, 1.165) is 5.56 Å². The third-order valence-electron chi connectivity index (χ3n) is 3.09. The highest BCUT2D eigenvalue weighted by Crippen LogP contribution is 2.23. The molecule has 1 aliphatic rings. The van der Waals surface area contributed by atoms with Crippen LogP contribution >= 0.6 is 0 Å². The van der Waals surface area contributed by atoms with E-state index in [0.29, 0.717) is 24.5 Å². The third kappa shape index (κ3) is 2.19. The van der Waals surface area contributed by atoms with Crippen molar-refractivity contribution >= 4 is 5.91 Å². The van der Waals surface area contributed by atoms with E-state index in [1.165, 1.54) is 0 Å². The number of aromatic amines is 1. The summed E-state index contributed by atoms with van der Waals surface area (Å²) in [6.45, 7) is 2.47. The summed E-state index contributed by atoms with van der Waals surface area (Å²) in [6.07, 6.45) is 0. The largest absolute Gasteiger partial charge is 0.386 e. The van der Waals surface area contributed by atoms with E-state index < -0.39 is 5.60 Å². The van der Waals surface area contributed by atoms with E-state index in [9.17, 15) is 9.90 Å². The van der Waals surface area contributed by atoms with Crippen LogP contribution in [0.3, 0.4) is 0 Å². The molecule has 0 aliphatic carbocycles. The van der Waals surface area contributed by atoms with Gasteiger partial charge in [0.25, 0.3) is 5.91 Å². The summed E-state index contributed by atoms with van der Waals surface area (Å²) < 4.78 is 0. The van der Waals surface area contributed by atoms with E-state index in [-0.39, 0.29) is 5.91 Å². The number of carbonyl (C=O) groups is 1. The molecule has 3 rings (SSSR count). The minimum atomic E-state index is -0.750. The maximum Gasteiger partial charge on any atom is 0.254 e. The van der Waals surface area contributed by atoms with Crippen LogP contribution < -0.4 is 0 Å². The average molecular weight is 259 g/mol. The Kier molecular flexibility index (Phi) is 2.56. The molecule has 19 heavy (non-hydrogen) atoms. The molecule has 0 spiro atoms. The van der Waals surface area contributed by atoms with Crippen LogP contribution in [0.2, 0.25) is 0 Å². The zero-order valence-electron chi connectivity index (χ0n) is 10.4. The van der Waals surface area contributed by atoms with E-state index in [4.69, 9.17) is 0 Å². The first-order valence-corrected chi connectivity index (χ1v) is 5.91. The Labute approximate surface area is 109 Å². The van der Waals surface area contributed by atoms with Crippen LogP contribution in [-0.4, -0.2) is 55.2 Å². The van der Waals surface area contributed by atoms with Crippen LogP contribution in [-0.2, 0) is 0 Å². The van der Waals surface area contributed by atoms with Crippen molar-refractivity contribution in [2.75, 3.05) is 13.1 Å². The molecule has 2 aromatic rings. The minimum absolute atomic E-state index is 0.0776. The number of rotatable bonds is 2. The Morgan fingerprint density at radius 3 is 2.58 bits per heavy atom. The lowest BCUT2D eigenvalue weighted by Crippen LogP contribution is -2.61. The molecule has 7 nitrogen and oxygen atoms in total. The summed E-state index contributed by atoms with van der Waals surface area (Å²) in [7, 11) is 0. The Bertz CT molecular complexity index is 583. The first-order valence-electron chi connectivity index (χ1n) is 5.91. The number of aromatic nitrogens is 4. The Balaban J connectivity index is 1.75. The van der Waals surface area contributed by atoms with Gasteiger partial charge in [0.15, 0.2) is 0 Å². The second kappa shape index (κ2) is 4.13. The molecule has 1 fully saturated rings. The van der Waals surface area contributed by atoms with E-state index in [1.807, 2.05) is 0 Å². The van der Waals surface area contributed by atoms with E-state index in [2.05, 4.69) is 20.6 Å². The van der Waals surface area contributed by atoms with Crippen molar-refractivity contribution in [2.45, 2.75) is 12.5 Å². The number of tetrazole rings is 1. The first kappa shape index (κ1) is 11.8. The highest BCUT2D eigenvalue weighted by atomic mass is 16.3. The van der Waals surface area contributed by atoms with Crippen molar-refractivity contribution in [1.82, 2.24) is 25.5 Å². The van der Waals surface area contributed by atoms with Gasteiger partial charge in [-0.1, -0.05) is 12.1 Å². The van der Waals surface area contributed by atoms with Crippen LogP contribution in [0.5, 0.6) is 0 Å². The fraction of sp³-hybridized carbons (Fsp3) is 0.333. The van der Waals surface area contributed by atoms with Crippen molar-refractivity contribution in [3.05, 3.63) is 29.8 Å². The summed E-state index contributed by atoms with van der Waals surface area (Å²) in [4.78, 5) is 13.7. The van der Waals surface area contributed by atoms with Gasteiger partial charge < -0.3 is 10.0 Å².